The second-order valence-electron chi connectivity index (χ2n) is 4.91. The van der Waals surface area contributed by atoms with Crippen LogP contribution >= 0.6 is 0 Å². The maximum atomic E-state index is 10.1. The molecule has 0 aliphatic heterocycles. The summed E-state index contributed by atoms with van der Waals surface area (Å²) >= 11 is 0. The molecule has 2 rings (SSSR count). The molecule has 0 aliphatic carbocycles. The zero-order chi connectivity index (χ0) is 15.4. The molecule has 108 valence electrons. The van der Waals surface area contributed by atoms with Gasteiger partial charge in [0.2, 0.25) is 0 Å². The molecule has 3 nitrogen and oxygen atoms in total. The topological polar surface area (TPSA) is 66.5 Å². The highest BCUT2D eigenvalue weighted by Crippen LogP contribution is 2.36. The van der Waals surface area contributed by atoms with Gasteiger partial charge in [0.15, 0.2) is 0 Å². The van der Waals surface area contributed by atoms with E-state index in [0.29, 0.717) is 17.5 Å². The lowest BCUT2D eigenvalue weighted by Crippen LogP contribution is -1.93. The number of nitrogen functional groups attached to an aromatic ring is 1. The fraction of sp³-hybridized carbons (Fsp3) is 0.111. The van der Waals surface area contributed by atoms with E-state index in [-0.39, 0.29) is 17.2 Å². The van der Waals surface area contributed by atoms with E-state index in [0.717, 1.165) is 17.5 Å². The van der Waals surface area contributed by atoms with Crippen LogP contribution in [0.25, 0.3) is 11.1 Å². The lowest BCUT2D eigenvalue weighted by molar-refractivity contribution is 0.472. The van der Waals surface area contributed by atoms with Gasteiger partial charge in [0.1, 0.15) is 11.5 Å². The number of allylic oxidation sites excluding steroid dienone is 2. The summed E-state index contributed by atoms with van der Waals surface area (Å²) in [5, 5.41) is 20.0. The molecular weight excluding hydrogens is 262 g/mol. The number of phenolic OH excluding ortho intramolecular Hbond substituents is 2. The Morgan fingerprint density at radius 3 is 2.38 bits per heavy atom. The SMILES string of the molecule is C=CCc1ccc(O)c(-c2cc(N)c(O)c(CC=C)c2)c1. The molecule has 0 aliphatic rings. The van der Waals surface area contributed by atoms with E-state index in [9.17, 15) is 10.2 Å². The Balaban J connectivity index is 2.57. The Morgan fingerprint density at radius 1 is 1.00 bits per heavy atom. The van der Waals surface area contributed by atoms with Gasteiger partial charge in [-0.3, -0.25) is 0 Å². The Labute approximate surface area is 124 Å². The van der Waals surface area contributed by atoms with Crippen molar-refractivity contribution in [3.8, 4) is 22.6 Å². The number of rotatable bonds is 5. The third-order valence-corrected chi connectivity index (χ3v) is 3.33. The van der Waals surface area contributed by atoms with Gasteiger partial charge in [-0.15, -0.1) is 13.2 Å². The highest BCUT2D eigenvalue weighted by Gasteiger charge is 2.11. The van der Waals surface area contributed by atoms with E-state index in [1.54, 1.807) is 18.2 Å². The standard InChI is InChI=1S/C18H19NO2/c1-3-5-12-7-8-17(20)15(9-12)14-10-13(6-4-2)18(21)16(19)11-14/h3-4,7-11,20-21H,1-2,5-6,19H2. The molecule has 0 saturated heterocycles. The van der Waals surface area contributed by atoms with Gasteiger partial charge >= 0.3 is 0 Å². The summed E-state index contributed by atoms with van der Waals surface area (Å²) in [6, 6.07) is 8.90. The molecule has 0 fully saturated rings. The van der Waals surface area contributed by atoms with Crippen LogP contribution < -0.4 is 5.73 Å². The molecule has 2 aromatic rings. The van der Waals surface area contributed by atoms with Gasteiger partial charge in [0.25, 0.3) is 0 Å². The maximum absolute atomic E-state index is 10.1. The van der Waals surface area contributed by atoms with Crippen molar-refractivity contribution >= 4 is 5.69 Å². The minimum Gasteiger partial charge on any atom is -0.507 e. The minimum atomic E-state index is 0.0698. The second kappa shape index (κ2) is 6.18. The predicted molar refractivity (Wildman–Crippen MR) is 87.4 cm³/mol. The number of phenols is 2. The largest absolute Gasteiger partial charge is 0.507 e. The molecule has 0 heterocycles. The monoisotopic (exact) mass is 281 g/mol. The Kier molecular flexibility index (Phi) is 4.33. The van der Waals surface area contributed by atoms with Gasteiger partial charge in [-0.1, -0.05) is 18.2 Å². The average molecular weight is 281 g/mol. The van der Waals surface area contributed by atoms with Crippen LogP contribution in [0.15, 0.2) is 55.6 Å². The molecule has 2 aromatic carbocycles. The molecule has 0 spiro atoms. The molecule has 0 saturated carbocycles. The van der Waals surface area contributed by atoms with Gasteiger partial charge in [-0.25, -0.2) is 0 Å². The number of hydrogen-bond acceptors (Lipinski definition) is 3. The van der Waals surface area contributed by atoms with Crippen molar-refractivity contribution in [2.75, 3.05) is 5.73 Å². The van der Waals surface area contributed by atoms with Crippen LogP contribution in [-0.4, -0.2) is 10.2 Å². The van der Waals surface area contributed by atoms with Gasteiger partial charge in [-0.2, -0.15) is 0 Å². The molecule has 4 N–H and O–H groups in total. The van der Waals surface area contributed by atoms with E-state index in [1.165, 1.54) is 0 Å². The van der Waals surface area contributed by atoms with Crippen molar-refractivity contribution in [3.63, 3.8) is 0 Å². The highest BCUT2D eigenvalue weighted by atomic mass is 16.3. The first-order valence-electron chi connectivity index (χ1n) is 6.72. The molecule has 0 atom stereocenters. The summed E-state index contributed by atoms with van der Waals surface area (Å²) in [7, 11) is 0. The molecule has 0 bridgehead atoms. The van der Waals surface area contributed by atoms with Gasteiger partial charge in [-0.05, 0) is 48.2 Å². The lowest BCUT2D eigenvalue weighted by atomic mass is 9.97. The van der Waals surface area contributed by atoms with Gasteiger partial charge in [0, 0.05) is 11.1 Å². The van der Waals surface area contributed by atoms with Crippen LogP contribution in [0.3, 0.4) is 0 Å². The van der Waals surface area contributed by atoms with E-state index < -0.39 is 0 Å². The third kappa shape index (κ3) is 3.08. The maximum Gasteiger partial charge on any atom is 0.142 e. The summed E-state index contributed by atoms with van der Waals surface area (Å²) in [6.07, 6.45) is 4.74. The number of aromatic hydroxyl groups is 2. The molecule has 0 unspecified atom stereocenters. The van der Waals surface area contributed by atoms with Crippen molar-refractivity contribution in [3.05, 3.63) is 66.8 Å². The van der Waals surface area contributed by atoms with E-state index in [2.05, 4.69) is 13.2 Å². The molecule has 0 radical (unpaired) electrons. The van der Waals surface area contributed by atoms with Gasteiger partial charge < -0.3 is 15.9 Å². The lowest BCUT2D eigenvalue weighted by Gasteiger charge is -2.12. The Morgan fingerprint density at radius 2 is 1.71 bits per heavy atom. The quantitative estimate of drug-likeness (QED) is 0.443. The Bertz CT molecular complexity index is 690. The normalized spacial score (nSPS) is 10.3. The number of anilines is 1. The van der Waals surface area contributed by atoms with Crippen molar-refractivity contribution < 1.29 is 10.2 Å². The van der Waals surface area contributed by atoms with E-state index in [4.69, 9.17) is 5.73 Å². The summed E-state index contributed by atoms with van der Waals surface area (Å²) in [6.45, 7) is 7.39. The van der Waals surface area contributed by atoms with Crippen LogP contribution in [0.1, 0.15) is 11.1 Å². The average Bonchev–Trinajstić information content (AvgIpc) is 2.46. The van der Waals surface area contributed by atoms with Gasteiger partial charge in [0.05, 0.1) is 5.69 Å². The fourth-order valence-corrected chi connectivity index (χ4v) is 2.29. The van der Waals surface area contributed by atoms with E-state index in [1.807, 2.05) is 24.3 Å². The molecule has 0 aromatic heterocycles. The minimum absolute atomic E-state index is 0.0698. The van der Waals surface area contributed by atoms with Crippen LogP contribution in [0.2, 0.25) is 0 Å². The number of nitrogens with two attached hydrogens (primary N) is 1. The van der Waals surface area contributed by atoms with E-state index >= 15 is 0 Å². The molecule has 0 amide bonds. The Hall–Kier alpha value is -2.68. The van der Waals surface area contributed by atoms with Crippen molar-refractivity contribution in [1.82, 2.24) is 0 Å². The van der Waals surface area contributed by atoms with Crippen molar-refractivity contribution in [1.29, 1.82) is 0 Å². The molecule has 3 heteroatoms. The summed E-state index contributed by atoms with van der Waals surface area (Å²) in [5.41, 5.74) is 9.34. The number of benzene rings is 2. The predicted octanol–water partition coefficient (Wildman–Crippen LogP) is 3.80. The fourth-order valence-electron chi connectivity index (χ4n) is 2.29. The smallest absolute Gasteiger partial charge is 0.142 e. The zero-order valence-corrected chi connectivity index (χ0v) is 11.8. The molecular formula is C18H19NO2. The first-order valence-corrected chi connectivity index (χ1v) is 6.72. The van der Waals surface area contributed by atoms with Crippen LogP contribution in [0.5, 0.6) is 11.5 Å². The zero-order valence-electron chi connectivity index (χ0n) is 11.8. The summed E-state index contributed by atoms with van der Waals surface area (Å²) in [4.78, 5) is 0. The first-order chi connectivity index (χ1) is 10.1. The van der Waals surface area contributed by atoms with Crippen LogP contribution in [-0.2, 0) is 12.8 Å². The second-order valence-corrected chi connectivity index (χ2v) is 4.91. The van der Waals surface area contributed by atoms with Crippen molar-refractivity contribution in [2.24, 2.45) is 0 Å². The first kappa shape index (κ1) is 14.7. The van der Waals surface area contributed by atoms with Crippen LogP contribution in [0, 0.1) is 0 Å². The van der Waals surface area contributed by atoms with Crippen LogP contribution in [0.4, 0.5) is 5.69 Å². The molecule has 21 heavy (non-hydrogen) atoms. The summed E-state index contributed by atoms with van der Waals surface area (Å²) in [5.74, 6) is 0.248. The number of hydrogen-bond donors (Lipinski definition) is 3. The summed E-state index contributed by atoms with van der Waals surface area (Å²) < 4.78 is 0. The van der Waals surface area contributed by atoms with Crippen molar-refractivity contribution in [2.45, 2.75) is 12.8 Å². The highest BCUT2D eigenvalue weighted by molar-refractivity contribution is 5.77. The third-order valence-electron chi connectivity index (χ3n) is 3.33.